The number of carbonyl (C=O) groups excluding carboxylic acids is 1. The van der Waals surface area contributed by atoms with Gasteiger partial charge in [-0.05, 0) is 25.3 Å². The van der Waals surface area contributed by atoms with Crippen molar-refractivity contribution in [3.05, 3.63) is 0 Å². The first-order chi connectivity index (χ1) is 6.74. The van der Waals surface area contributed by atoms with Gasteiger partial charge in [0.25, 0.3) is 0 Å². The number of amides is 1. The highest BCUT2D eigenvalue weighted by Gasteiger charge is 2.21. The maximum Gasteiger partial charge on any atom is 0.224 e. The molecule has 1 aliphatic rings. The molecule has 1 amide bonds. The molecular weight excluding hydrogens is 176 g/mol. The second-order valence-electron chi connectivity index (χ2n) is 4.30. The fourth-order valence-corrected chi connectivity index (χ4v) is 1.68. The van der Waals surface area contributed by atoms with Gasteiger partial charge in [-0.25, -0.2) is 0 Å². The molecule has 82 valence electrons. The molecule has 1 rings (SSSR count). The van der Waals surface area contributed by atoms with Gasteiger partial charge in [-0.3, -0.25) is 4.79 Å². The first-order valence-corrected chi connectivity index (χ1v) is 5.72. The van der Waals surface area contributed by atoms with Crippen LogP contribution in [0.15, 0.2) is 0 Å². The van der Waals surface area contributed by atoms with Crippen LogP contribution in [0, 0.1) is 11.8 Å². The molecule has 1 saturated heterocycles. The molecule has 0 aromatic carbocycles. The first kappa shape index (κ1) is 11.5. The van der Waals surface area contributed by atoms with E-state index >= 15 is 0 Å². The Balaban J connectivity index is 2.13. The van der Waals surface area contributed by atoms with Crippen molar-refractivity contribution in [2.45, 2.75) is 33.1 Å². The second kappa shape index (κ2) is 6.02. The minimum atomic E-state index is 0.202. The van der Waals surface area contributed by atoms with E-state index in [1.165, 1.54) is 6.42 Å². The lowest BCUT2D eigenvalue weighted by Crippen LogP contribution is -2.42. The molecule has 2 N–H and O–H groups in total. The quantitative estimate of drug-likeness (QED) is 0.696. The summed E-state index contributed by atoms with van der Waals surface area (Å²) in [6.07, 6.45) is 3.37. The molecule has 14 heavy (non-hydrogen) atoms. The summed E-state index contributed by atoms with van der Waals surface area (Å²) in [4.78, 5) is 11.4. The maximum absolute atomic E-state index is 11.4. The van der Waals surface area contributed by atoms with Gasteiger partial charge in [-0.15, -0.1) is 0 Å². The summed E-state index contributed by atoms with van der Waals surface area (Å²) in [5.74, 6) is 1.14. The smallest absolute Gasteiger partial charge is 0.224 e. The highest BCUT2D eigenvalue weighted by atomic mass is 16.1. The van der Waals surface area contributed by atoms with Crippen LogP contribution in [0.2, 0.25) is 0 Å². The zero-order chi connectivity index (χ0) is 10.4. The minimum Gasteiger partial charge on any atom is -0.356 e. The van der Waals surface area contributed by atoms with Crippen molar-refractivity contribution >= 4 is 5.91 Å². The monoisotopic (exact) mass is 198 g/mol. The predicted octanol–water partition coefficient (Wildman–Crippen LogP) is 1.15. The van der Waals surface area contributed by atoms with Crippen molar-refractivity contribution in [3.8, 4) is 0 Å². The zero-order valence-electron chi connectivity index (χ0n) is 9.31. The summed E-state index contributed by atoms with van der Waals surface area (Å²) in [5, 5.41) is 6.28. The Hall–Kier alpha value is -0.570. The third-order valence-electron chi connectivity index (χ3n) is 2.98. The molecule has 2 atom stereocenters. The Labute approximate surface area is 86.6 Å². The number of nitrogens with one attached hydrogen (secondary N) is 2. The summed E-state index contributed by atoms with van der Waals surface area (Å²) in [6, 6.07) is 0. The lowest BCUT2D eigenvalue weighted by atomic mass is 9.98. The number of hydrogen-bond donors (Lipinski definition) is 2. The second-order valence-corrected chi connectivity index (χ2v) is 4.30. The van der Waals surface area contributed by atoms with E-state index in [9.17, 15) is 4.79 Å². The highest BCUT2D eigenvalue weighted by molar-refractivity contribution is 5.79. The fraction of sp³-hybridized carbons (Fsp3) is 0.909. The standard InChI is InChI=1S/C11H22N2O/c1-3-9(2)7-12-8-10-5-4-6-13-11(10)14/h9-10,12H,3-8H2,1-2H3,(H,13,14). The van der Waals surface area contributed by atoms with Crippen LogP contribution in [0.5, 0.6) is 0 Å². The molecule has 3 heteroatoms. The molecule has 0 aromatic heterocycles. The van der Waals surface area contributed by atoms with E-state index in [0.717, 1.165) is 32.5 Å². The molecule has 0 radical (unpaired) electrons. The molecule has 0 aromatic rings. The fourth-order valence-electron chi connectivity index (χ4n) is 1.68. The van der Waals surface area contributed by atoms with Gasteiger partial charge in [0.1, 0.15) is 0 Å². The summed E-state index contributed by atoms with van der Waals surface area (Å²) in [5.41, 5.74) is 0. The van der Waals surface area contributed by atoms with Crippen molar-refractivity contribution in [2.75, 3.05) is 19.6 Å². The van der Waals surface area contributed by atoms with Crippen LogP contribution >= 0.6 is 0 Å². The molecule has 0 aliphatic carbocycles. The average Bonchev–Trinajstić information content (AvgIpc) is 2.20. The van der Waals surface area contributed by atoms with Crippen LogP contribution in [0.4, 0.5) is 0 Å². The normalized spacial score (nSPS) is 24.4. The summed E-state index contributed by atoms with van der Waals surface area (Å²) >= 11 is 0. The number of piperidine rings is 1. The third-order valence-corrected chi connectivity index (χ3v) is 2.98. The van der Waals surface area contributed by atoms with Crippen molar-refractivity contribution in [1.29, 1.82) is 0 Å². The van der Waals surface area contributed by atoms with E-state index in [-0.39, 0.29) is 11.8 Å². The van der Waals surface area contributed by atoms with Crippen LogP contribution in [0.25, 0.3) is 0 Å². The van der Waals surface area contributed by atoms with Crippen LogP contribution in [-0.4, -0.2) is 25.5 Å². The van der Waals surface area contributed by atoms with E-state index < -0.39 is 0 Å². The van der Waals surface area contributed by atoms with Crippen LogP contribution < -0.4 is 10.6 Å². The molecule has 1 aliphatic heterocycles. The van der Waals surface area contributed by atoms with E-state index in [1.807, 2.05) is 0 Å². The molecule has 0 saturated carbocycles. The van der Waals surface area contributed by atoms with Gasteiger partial charge in [0, 0.05) is 13.1 Å². The van der Waals surface area contributed by atoms with Gasteiger partial charge in [0.15, 0.2) is 0 Å². The topological polar surface area (TPSA) is 41.1 Å². The predicted molar refractivity (Wildman–Crippen MR) is 58.1 cm³/mol. The average molecular weight is 198 g/mol. The first-order valence-electron chi connectivity index (χ1n) is 5.72. The van der Waals surface area contributed by atoms with Crippen molar-refractivity contribution in [2.24, 2.45) is 11.8 Å². The lowest BCUT2D eigenvalue weighted by molar-refractivity contribution is -0.126. The number of carbonyl (C=O) groups is 1. The minimum absolute atomic E-state index is 0.202. The molecule has 2 unspecified atom stereocenters. The van der Waals surface area contributed by atoms with Crippen LogP contribution in [0.3, 0.4) is 0 Å². The van der Waals surface area contributed by atoms with Crippen LogP contribution in [-0.2, 0) is 4.79 Å². The van der Waals surface area contributed by atoms with Gasteiger partial charge in [-0.1, -0.05) is 20.3 Å². The van der Waals surface area contributed by atoms with Gasteiger partial charge < -0.3 is 10.6 Å². The Bertz CT molecular complexity index is 182. The summed E-state index contributed by atoms with van der Waals surface area (Å²) in [7, 11) is 0. The van der Waals surface area contributed by atoms with E-state index in [0.29, 0.717) is 5.92 Å². The van der Waals surface area contributed by atoms with E-state index in [4.69, 9.17) is 0 Å². The summed E-state index contributed by atoms with van der Waals surface area (Å²) in [6.45, 7) is 7.16. The Morgan fingerprint density at radius 3 is 3.07 bits per heavy atom. The Morgan fingerprint density at radius 1 is 1.64 bits per heavy atom. The Morgan fingerprint density at radius 2 is 2.43 bits per heavy atom. The SMILES string of the molecule is CCC(C)CNCC1CCCNC1=O. The molecule has 3 nitrogen and oxygen atoms in total. The largest absolute Gasteiger partial charge is 0.356 e. The van der Waals surface area contributed by atoms with Crippen molar-refractivity contribution < 1.29 is 4.79 Å². The molecule has 0 spiro atoms. The Kier molecular flexibility index (Phi) is 4.94. The van der Waals surface area contributed by atoms with Crippen molar-refractivity contribution in [1.82, 2.24) is 10.6 Å². The highest BCUT2D eigenvalue weighted by Crippen LogP contribution is 2.10. The van der Waals surface area contributed by atoms with Gasteiger partial charge >= 0.3 is 0 Å². The third kappa shape index (κ3) is 3.66. The number of rotatable bonds is 5. The summed E-state index contributed by atoms with van der Waals surface area (Å²) < 4.78 is 0. The zero-order valence-corrected chi connectivity index (χ0v) is 9.31. The number of hydrogen-bond acceptors (Lipinski definition) is 2. The molecular formula is C11H22N2O. The van der Waals surface area contributed by atoms with Gasteiger partial charge in [0.05, 0.1) is 5.92 Å². The van der Waals surface area contributed by atoms with Gasteiger partial charge in [-0.2, -0.15) is 0 Å². The van der Waals surface area contributed by atoms with Crippen molar-refractivity contribution in [3.63, 3.8) is 0 Å². The lowest BCUT2D eigenvalue weighted by Gasteiger charge is -2.22. The van der Waals surface area contributed by atoms with E-state index in [2.05, 4.69) is 24.5 Å². The van der Waals surface area contributed by atoms with Gasteiger partial charge in [0.2, 0.25) is 5.91 Å². The maximum atomic E-state index is 11.4. The van der Waals surface area contributed by atoms with Crippen LogP contribution in [0.1, 0.15) is 33.1 Å². The van der Waals surface area contributed by atoms with E-state index in [1.54, 1.807) is 0 Å². The molecule has 1 heterocycles. The molecule has 0 bridgehead atoms. The molecule has 1 fully saturated rings.